The lowest BCUT2D eigenvalue weighted by atomic mass is 10.0. The maximum atomic E-state index is 5.67. The van der Waals surface area contributed by atoms with Crippen LogP contribution in [0.2, 0.25) is 0 Å². The second-order valence-electron chi connectivity index (χ2n) is 4.18. The zero-order valence-corrected chi connectivity index (χ0v) is 11.0. The lowest BCUT2D eigenvalue weighted by Crippen LogP contribution is -2.03. The predicted octanol–water partition coefficient (Wildman–Crippen LogP) is 3.95. The van der Waals surface area contributed by atoms with E-state index >= 15 is 0 Å². The summed E-state index contributed by atoms with van der Waals surface area (Å²) in [6.07, 6.45) is 7.66. The largest absolute Gasteiger partial charge is 0.505 e. The number of benzene rings is 1. The molecule has 18 heavy (non-hydrogen) atoms. The highest BCUT2D eigenvalue weighted by molar-refractivity contribution is 5.13. The SMILES string of the molecule is C=CC[C@H](/C=C/OC)CCOCc1ccccc1. The standard InChI is InChI=1S/C16H22O2/c1-3-7-15(10-12-17-2)11-13-18-14-16-8-5-4-6-9-16/h3-6,8-10,12,15H,1,7,11,13-14H2,2H3/b12-10+/t15-/m1/s1. The molecule has 0 bridgehead atoms. The van der Waals surface area contributed by atoms with Crippen LogP contribution in [0.25, 0.3) is 0 Å². The van der Waals surface area contributed by atoms with Gasteiger partial charge >= 0.3 is 0 Å². The molecule has 0 unspecified atom stereocenters. The average Bonchev–Trinajstić information content (AvgIpc) is 2.42. The fourth-order valence-electron chi connectivity index (χ4n) is 1.70. The van der Waals surface area contributed by atoms with Crippen molar-refractivity contribution in [2.75, 3.05) is 13.7 Å². The molecule has 0 aliphatic rings. The molecule has 0 aromatic heterocycles. The Labute approximate surface area is 110 Å². The first kappa shape index (κ1) is 14.5. The van der Waals surface area contributed by atoms with Gasteiger partial charge < -0.3 is 9.47 Å². The fourth-order valence-corrected chi connectivity index (χ4v) is 1.70. The van der Waals surface area contributed by atoms with Gasteiger partial charge in [-0.25, -0.2) is 0 Å². The molecule has 2 heteroatoms. The van der Waals surface area contributed by atoms with Crippen LogP contribution in [0.1, 0.15) is 18.4 Å². The lowest BCUT2D eigenvalue weighted by molar-refractivity contribution is 0.111. The molecule has 0 spiro atoms. The molecular formula is C16H22O2. The van der Waals surface area contributed by atoms with E-state index in [4.69, 9.17) is 9.47 Å². The molecule has 0 amide bonds. The maximum Gasteiger partial charge on any atom is 0.0787 e. The number of methoxy groups -OCH3 is 1. The van der Waals surface area contributed by atoms with Crippen molar-refractivity contribution >= 4 is 0 Å². The second-order valence-corrected chi connectivity index (χ2v) is 4.18. The van der Waals surface area contributed by atoms with E-state index in [9.17, 15) is 0 Å². The molecule has 1 aromatic rings. The fraction of sp³-hybridized carbons (Fsp3) is 0.375. The number of hydrogen-bond donors (Lipinski definition) is 0. The minimum absolute atomic E-state index is 0.443. The Balaban J connectivity index is 2.22. The Bertz CT molecular complexity index is 343. The number of ether oxygens (including phenoxy) is 2. The topological polar surface area (TPSA) is 18.5 Å². The highest BCUT2D eigenvalue weighted by Crippen LogP contribution is 2.12. The summed E-state index contributed by atoms with van der Waals surface area (Å²) < 4.78 is 10.6. The van der Waals surface area contributed by atoms with Gasteiger partial charge in [-0.05, 0) is 30.4 Å². The van der Waals surface area contributed by atoms with Crippen molar-refractivity contribution in [3.63, 3.8) is 0 Å². The highest BCUT2D eigenvalue weighted by atomic mass is 16.5. The van der Waals surface area contributed by atoms with Crippen LogP contribution in [0.3, 0.4) is 0 Å². The van der Waals surface area contributed by atoms with Gasteiger partial charge in [0.05, 0.1) is 20.0 Å². The Morgan fingerprint density at radius 3 is 2.72 bits per heavy atom. The van der Waals surface area contributed by atoms with Gasteiger partial charge in [0.2, 0.25) is 0 Å². The highest BCUT2D eigenvalue weighted by Gasteiger charge is 2.02. The molecule has 0 aliphatic heterocycles. The summed E-state index contributed by atoms with van der Waals surface area (Å²) in [5, 5.41) is 0. The molecular weight excluding hydrogens is 224 g/mol. The van der Waals surface area contributed by atoms with Crippen LogP contribution in [-0.2, 0) is 16.1 Å². The van der Waals surface area contributed by atoms with Crippen LogP contribution < -0.4 is 0 Å². The van der Waals surface area contributed by atoms with Crippen LogP contribution in [0, 0.1) is 5.92 Å². The molecule has 0 aliphatic carbocycles. The van der Waals surface area contributed by atoms with Crippen molar-refractivity contribution in [1.29, 1.82) is 0 Å². The van der Waals surface area contributed by atoms with Crippen LogP contribution in [0.15, 0.2) is 55.3 Å². The van der Waals surface area contributed by atoms with Crippen LogP contribution in [0.5, 0.6) is 0 Å². The second kappa shape index (κ2) is 9.49. The molecule has 0 fully saturated rings. The maximum absolute atomic E-state index is 5.67. The molecule has 0 saturated heterocycles. The summed E-state index contributed by atoms with van der Waals surface area (Å²) in [6.45, 7) is 5.20. The van der Waals surface area contributed by atoms with Crippen molar-refractivity contribution in [1.82, 2.24) is 0 Å². The Hall–Kier alpha value is -1.54. The molecule has 1 rings (SSSR count). The third-order valence-corrected chi connectivity index (χ3v) is 2.70. The van der Waals surface area contributed by atoms with E-state index in [1.807, 2.05) is 24.3 Å². The van der Waals surface area contributed by atoms with Crippen molar-refractivity contribution in [2.24, 2.45) is 5.92 Å². The molecule has 0 radical (unpaired) electrons. The summed E-state index contributed by atoms with van der Waals surface area (Å²) in [7, 11) is 1.66. The lowest BCUT2D eigenvalue weighted by Gasteiger charge is -2.10. The summed E-state index contributed by atoms with van der Waals surface area (Å²) in [5.41, 5.74) is 1.21. The van der Waals surface area contributed by atoms with E-state index in [1.165, 1.54) is 5.56 Å². The smallest absolute Gasteiger partial charge is 0.0787 e. The summed E-state index contributed by atoms with van der Waals surface area (Å²) in [4.78, 5) is 0. The zero-order valence-electron chi connectivity index (χ0n) is 11.0. The van der Waals surface area contributed by atoms with Crippen molar-refractivity contribution < 1.29 is 9.47 Å². The molecule has 98 valence electrons. The van der Waals surface area contributed by atoms with E-state index in [0.29, 0.717) is 12.5 Å². The van der Waals surface area contributed by atoms with Crippen molar-refractivity contribution in [3.05, 3.63) is 60.9 Å². The first-order valence-electron chi connectivity index (χ1n) is 6.29. The summed E-state index contributed by atoms with van der Waals surface area (Å²) in [5.74, 6) is 0.443. The van der Waals surface area contributed by atoms with E-state index in [2.05, 4.69) is 24.8 Å². The zero-order chi connectivity index (χ0) is 13.1. The number of rotatable bonds is 9. The molecule has 0 heterocycles. The van der Waals surface area contributed by atoms with Crippen molar-refractivity contribution in [2.45, 2.75) is 19.4 Å². The van der Waals surface area contributed by atoms with E-state index in [-0.39, 0.29) is 0 Å². The summed E-state index contributed by atoms with van der Waals surface area (Å²) in [6, 6.07) is 10.2. The first-order valence-corrected chi connectivity index (χ1v) is 6.29. The third-order valence-electron chi connectivity index (χ3n) is 2.70. The number of allylic oxidation sites excluding steroid dienone is 2. The van der Waals surface area contributed by atoms with Gasteiger partial charge in [-0.3, -0.25) is 0 Å². The average molecular weight is 246 g/mol. The van der Waals surface area contributed by atoms with Gasteiger partial charge in [0.1, 0.15) is 0 Å². The Morgan fingerprint density at radius 2 is 2.06 bits per heavy atom. The Morgan fingerprint density at radius 1 is 1.28 bits per heavy atom. The van der Waals surface area contributed by atoms with Gasteiger partial charge in [-0.1, -0.05) is 36.4 Å². The van der Waals surface area contributed by atoms with Gasteiger partial charge in [0.25, 0.3) is 0 Å². The van der Waals surface area contributed by atoms with Crippen LogP contribution in [0.4, 0.5) is 0 Å². The molecule has 1 atom stereocenters. The predicted molar refractivity (Wildman–Crippen MR) is 75.2 cm³/mol. The minimum Gasteiger partial charge on any atom is -0.505 e. The van der Waals surface area contributed by atoms with E-state index in [0.717, 1.165) is 19.4 Å². The Kier molecular flexibility index (Phi) is 7.65. The number of hydrogen-bond acceptors (Lipinski definition) is 2. The normalized spacial score (nSPS) is 12.5. The molecule has 1 aromatic carbocycles. The minimum atomic E-state index is 0.443. The third kappa shape index (κ3) is 6.26. The van der Waals surface area contributed by atoms with Gasteiger partial charge in [0.15, 0.2) is 0 Å². The van der Waals surface area contributed by atoms with E-state index < -0.39 is 0 Å². The monoisotopic (exact) mass is 246 g/mol. The van der Waals surface area contributed by atoms with Crippen LogP contribution in [-0.4, -0.2) is 13.7 Å². The van der Waals surface area contributed by atoms with Crippen molar-refractivity contribution in [3.8, 4) is 0 Å². The quantitative estimate of drug-likeness (QED) is 0.373. The summed E-state index contributed by atoms with van der Waals surface area (Å²) >= 11 is 0. The van der Waals surface area contributed by atoms with E-state index in [1.54, 1.807) is 13.4 Å². The molecule has 2 nitrogen and oxygen atoms in total. The molecule has 0 N–H and O–H groups in total. The van der Waals surface area contributed by atoms with Gasteiger partial charge in [-0.2, -0.15) is 0 Å². The molecule has 0 saturated carbocycles. The first-order chi connectivity index (χ1) is 8.86. The van der Waals surface area contributed by atoms with Crippen LogP contribution >= 0.6 is 0 Å². The van der Waals surface area contributed by atoms with Gasteiger partial charge in [-0.15, -0.1) is 6.58 Å². The van der Waals surface area contributed by atoms with Gasteiger partial charge in [0, 0.05) is 6.61 Å².